The van der Waals surface area contributed by atoms with Crippen molar-refractivity contribution < 1.29 is 72.0 Å². The minimum absolute atomic E-state index is 0. The second-order valence-corrected chi connectivity index (χ2v) is 26.6. The Bertz CT molecular complexity index is 2660. The number of carbonyl (C=O) groups is 3. The summed E-state index contributed by atoms with van der Waals surface area (Å²) >= 11 is 0. The number of rotatable bonds is 15. The lowest BCUT2D eigenvalue weighted by Gasteiger charge is -2.24. The van der Waals surface area contributed by atoms with Gasteiger partial charge in [0.15, 0.2) is 0 Å². The number of aryl methyl sites for hydroxylation is 1. The highest BCUT2D eigenvalue weighted by atomic mass is 35.5. The van der Waals surface area contributed by atoms with E-state index in [9.17, 15) is 39.0 Å². The maximum absolute atomic E-state index is 13.0. The molecule has 1 heterocycles. The first-order valence-corrected chi connectivity index (χ1v) is 28.0. The highest BCUT2D eigenvalue weighted by Crippen LogP contribution is 2.23. The maximum atomic E-state index is 13.0. The molecule has 0 aliphatic rings. The summed E-state index contributed by atoms with van der Waals surface area (Å²) in [6.45, 7) is 35.2. The van der Waals surface area contributed by atoms with Crippen LogP contribution in [-0.2, 0) is 75.7 Å². The molecule has 0 aliphatic carbocycles. The molecule has 4 rings (SSSR count). The predicted molar refractivity (Wildman–Crippen MR) is 305 cm³/mol. The minimum Gasteiger partial charge on any atom is -0.488 e. The van der Waals surface area contributed by atoms with Crippen molar-refractivity contribution in [3.05, 3.63) is 108 Å². The average molecular weight is 1180 g/mol. The second-order valence-electron chi connectivity index (χ2n) is 24.3. The van der Waals surface area contributed by atoms with Crippen molar-refractivity contribution >= 4 is 51.1 Å². The number of imidazole rings is 1. The van der Waals surface area contributed by atoms with Crippen LogP contribution in [0.15, 0.2) is 85.2 Å². The summed E-state index contributed by atoms with van der Waals surface area (Å²) in [4.78, 5) is 35.8. The van der Waals surface area contributed by atoms with Crippen molar-refractivity contribution in [2.75, 3.05) is 0 Å². The van der Waals surface area contributed by atoms with Crippen LogP contribution >= 0.6 is 12.4 Å². The lowest BCUT2D eigenvalue weighted by atomic mass is 10.1. The Morgan fingerprint density at radius 2 is 0.797 bits per heavy atom. The molecule has 5 N–H and O–H groups in total. The van der Waals surface area contributed by atoms with Crippen LogP contribution in [-0.4, -0.2) is 90.4 Å². The van der Waals surface area contributed by atoms with Gasteiger partial charge in [0.05, 0.1) is 7.05 Å². The van der Waals surface area contributed by atoms with Crippen LogP contribution in [0.3, 0.4) is 0 Å². The first kappa shape index (κ1) is 73.6. The number of nitrogens with zero attached hydrogens (tertiary/aromatic N) is 2. The van der Waals surface area contributed by atoms with Crippen LogP contribution < -0.4 is 35.0 Å². The fraction of sp³-hybridized carbons (Fsp3) is 0.571. The number of esters is 3. The van der Waals surface area contributed by atoms with Gasteiger partial charge in [-0.3, -0.25) is 14.4 Å². The molecule has 448 valence electrons. The quantitative estimate of drug-likeness (QED) is 0.0434. The molecule has 0 bridgehead atoms. The lowest BCUT2D eigenvalue weighted by molar-refractivity contribution is -0.676. The zero-order chi connectivity index (χ0) is 60.6. The Morgan fingerprint density at radius 1 is 0.519 bits per heavy atom. The van der Waals surface area contributed by atoms with E-state index in [0.29, 0.717) is 34.0 Å². The molecule has 0 aliphatic heterocycles. The van der Waals surface area contributed by atoms with Gasteiger partial charge in [0.1, 0.15) is 81.4 Å². The molecule has 79 heavy (non-hydrogen) atoms. The molecular weight excluding hydrogens is 1090 g/mol. The average Bonchev–Trinajstić information content (AvgIpc) is 3.57. The Hall–Kier alpha value is -5.39. The molecule has 3 unspecified atom stereocenters. The summed E-state index contributed by atoms with van der Waals surface area (Å²) in [5, 5.41) is 0. The molecule has 0 saturated heterocycles. The van der Waals surface area contributed by atoms with Crippen molar-refractivity contribution in [1.29, 1.82) is 0 Å². The van der Waals surface area contributed by atoms with Crippen LogP contribution in [0.5, 0.6) is 17.2 Å². The van der Waals surface area contributed by atoms with E-state index >= 15 is 0 Å². The third kappa shape index (κ3) is 34.4. The number of hydrogen-bond donors (Lipinski definition) is 3. The molecule has 18 nitrogen and oxygen atoms in total. The number of nitrogens with two attached hydrogens (primary N) is 2. The van der Waals surface area contributed by atoms with Crippen molar-refractivity contribution in [2.45, 2.75) is 203 Å². The summed E-state index contributed by atoms with van der Waals surface area (Å²) in [5.74, 6) is 0.969. The summed E-state index contributed by atoms with van der Waals surface area (Å²) in [7, 11) is -8.03. The largest absolute Gasteiger partial charge is 0.488 e. The smallest absolute Gasteiger partial charge is 0.480 e. The predicted octanol–water partition coefficient (Wildman–Crippen LogP) is 9.18. The van der Waals surface area contributed by atoms with E-state index < -0.39 is 61.7 Å². The zero-order valence-electron chi connectivity index (χ0n) is 49.8. The summed E-state index contributed by atoms with van der Waals surface area (Å²) in [6, 6.07) is 19.4. The van der Waals surface area contributed by atoms with Crippen LogP contribution in [0, 0.1) is 6.92 Å². The SMILES string of the molecule is CC(C)(C)OC(=O)C(Cc1ccc(OC(C)(C)C)cc1)NS(=O)(=O)F.CC(C)(C)OC(=O)C(N)Cc1ccc(OC(C)(C)C)cc1.CC(C)(C)OC(=O)C(N)Cc1ccc(OC(C)(C)C)cc1.Cc1n(S(=O)(=O)F)cc[n+]1C.Cl. The fourth-order valence-electron chi connectivity index (χ4n) is 6.28. The number of carbonyl (C=O) groups excluding carboxylic acids is 3. The van der Waals surface area contributed by atoms with Crippen molar-refractivity contribution in [3.8, 4) is 17.2 Å². The maximum Gasteiger partial charge on any atom is 0.480 e. The molecule has 3 atom stereocenters. The van der Waals surface area contributed by atoms with E-state index in [1.165, 1.54) is 17.7 Å². The third-order valence-electron chi connectivity index (χ3n) is 9.28. The van der Waals surface area contributed by atoms with Crippen molar-refractivity contribution in [1.82, 2.24) is 8.69 Å². The van der Waals surface area contributed by atoms with Crippen molar-refractivity contribution in [3.63, 3.8) is 0 Å². The summed E-state index contributed by atoms with van der Waals surface area (Å²) in [6.07, 6.45) is 3.47. The van der Waals surface area contributed by atoms with Gasteiger partial charge in [-0.2, -0.15) is 21.6 Å². The fourth-order valence-corrected chi connectivity index (χ4v) is 7.45. The number of nitrogens with one attached hydrogen (secondary N) is 1. The van der Waals surface area contributed by atoms with Gasteiger partial charge in [-0.05, 0) is 197 Å². The standard InChI is InChI=1S/C17H26FNO5S.2C17H27NO3.C5H8FN2O2S.ClH/c1-16(2,3)23-13-9-7-12(8-10-13)11-14(19-25(18,21)22)15(20)24-17(4,5)6;2*1-16(2,3)20-13-9-7-12(8-10-13)11-14(18)15(19)21-17(4,5)6;1-5-7(2)3-4-8(5)11(6,9)10;/h7-10,14,19H,11H2,1-6H3;2*7-10,14H,11,18H2,1-6H3;3-4H,1-2H3;1H/q;;;+1;. The van der Waals surface area contributed by atoms with Crippen molar-refractivity contribution in [2.24, 2.45) is 18.5 Å². The van der Waals surface area contributed by atoms with E-state index in [4.69, 9.17) is 39.9 Å². The highest BCUT2D eigenvalue weighted by molar-refractivity contribution is 7.84. The summed E-state index contributed by atoms with van der Waals surface area (Å²) in [5.41, 5.74) is 11.7. The van der Waals surface area contributed by atoms with E-state index in [1.807, 2.05) is 152 Å². The Balaban J connectivity index is 0.00000105. The van der Waals surface area contributed by atoms with Crippen LogP contribution in [0.4, 0.5) is 7.77 Å². The molecule has 0 radical (unpaired) electrons. The second kappa shape index (κ2) is 29.9. The topological polar surface area (TPSA) is 248 Å². The lowest BCUT2D eigenvalue weighted by Crippen LogP contribution is -2.44. The molecule has 1 aromatic heterocycles. The van der Waals surface area contributed by atoms with Gasteiger partial charge in [0.2, 0.25) is 0 Å². The van der Waals surface area contributed by atoms with Gasteiger partial charge >= 0.3 is 38.7 Å². The Kier molecular flexibility index (Phi) is 27.9. The number of hydrogen-bond acceptors (Lipinski definition) is 15. The Labute approximate surface area is 475 Å². The molecular formula is C56H89ClF2N5O13S2+. The summed E-state index contributed by atoms with van der Waals surface area (Å²) < 4.78 is 105. The number of ether oxygens (including phenoxy) is 6. The van der Waals surface area contributed by atoms with E-state index in [1.54, 1.807) is 56.8 Å². The van der Waals surface area contributed by atoms with E-state index in [2.05, 4.69) is 0 Å². The van der Waals surface area contributed by atoms with E-state index in [-0.39, 0.29) is 47.6 Å². The highest BCUT2D eigenvalue weighted by Gasteiger charge is 2.30. The minimum atomic E-state index is -5.05. The molecule has 3 aromatic carbocycles. The molecule has 4 aromatic rings. The monoisotopic (exact) mass is 1180 g/mol. The first-order valence-electron chi connectivity index (χ1n) is 25.2. The molecule has 0 spiro atoms. The van der Waals surface area contributed by atoms with Gasteiger partial charge in [0, 0.05) is 6.92 Å². The number of benzene rings is 3. The molecule has 0 amide bonds. The van der Waals surface area contributed by atoms with Crippen LogP contribution in [0.1, 0.15) is 147 Å². The van der Waals surface area contributed by atoms with Crippen LogP contribution in [0.25, 0.3) is 0 Å². The number of aromatic nitrogens is 2. The molecule has 23 heteroatoms. The number of halogens is 3. The Morgan fingerprint density at radius 3 is 1.01 bits per heavy atom. The van der Waals surface area contributed by atoms with Gasteiger partial charge in [-0.15, -0.1) is 12.4 Å². The van der Waals surface area contributed by atoms with Gasteiger partial charge < -0.3 is 39.9 Å². The van der Waals surface area contributed by atoms with E-state index in [0.717, 1.165) is 28.8 Å². The van der Waals surface area contributed by atoms with Gasteiger partial charge in [-0.1, -0.05) is 48.1 Å². The normalized spacial score (nSPS) is 13.4. The first-order chi connectivity index (χ1) is 35.0. The molecule has 0 saturated carbocycles. The zero-order valence-corrected chi connectivity index (χ0v) is 52.2. The third-order valence-corrected chi connectivity index (χ3v) is 10.7. The van der Waals surface area contributed by atoms with Gasteiger partial charge in [0.25, 0.3) is 5.82 Å². The van der Waals surface area contributed by atoms with Gasteiger partial charge in [-0.25, -0.2) is 4.57 Å². The van der Waals surface area contributed by atoms with Crippen LogP contribution in [0.2, 0.25) is 0 Å². The molecule has 0 fully saturated rings.